The SMILES string of the molecule is C1=C(CN2CCC(c3ccccc3)CC2)COc2ccccc21. The molecule has 118 valence electrons. The minimum atomic E-state index is 0.727. The summed E-state index contributed by atoms with van der Waals surface area (Å²) >= 11 is 0. The van der Waals surface area contributed by atoms with Crippen molar-refractivity contribution in [1.29, 1.82) is 0 Å². The Balaban J connectivity index is 1.36. The van der Waals surface area contributed by atoms with E-state index in [0.717, 1.165) is 24.8 Å². The lowest BCUT2D eigenvalue weighted by Gasteiger charge is -2.33. The Morgan fingerprint density at radius 3 is 2.48 bits per heavy atom. The van der Waals surface area contributed by atoms with Crippen LogP contribution in [-0.2, 0) is 0 Å². The summed E-state index contributed by atoms with van der Waals surface area (Å²) < 4.78 is 5.87. The van der Waals surface area contributed by atoms with Crippen molar-refractivity contribution in [3.8, 4) is 5.75 Å². The number of likely N-dealkylation sites (tertiary alicyclic amines) is 1. The molecular formula is C21H23NO. The molecule has 0 saturated carbocycles. The summed E-state index contributed by atoms with van der Waals surface area (Å²) in [4.78, 5) is 2.57. The lowest BCUT2D eigenvalue weighted by atomic mass is 9.89. The molecule has 0 bridgehead atoms. The summed E-state index contributed by atoms with van der Waals surface area (Å²) in [6.07, 6.45) is 4.82. The maximum Gasteiger partial charge on any atom is 0.127 e. The number of ether oxygens (including phenoxy) is 1. The van der Waals surface area contributed by atoms with Gasteiger partial charge < -0.3 is 4.74 Å². The van der Waals surface area contributed by atoms with E-state index in [1.807, 2.05) is 12.1 Å². The van der Waals surface area contributed by atoms with Gasteiger partial charge in [-0.05, 0) is 55.1 Å². The van der Waals surface area contributed by atoms with Crippen LogP contribution in [0.4, 0.5) is 0 Å². The number of para-hydroxylation sites is 1. The second-order valence-corrected chi connectivity index (χ2v) is 6.59. The van der Waals surface area contributed by atoms with Crippen LogP contribution in [0, 0.1) is 0 Å². The fourth-order valence-electron chi connectivity index (χ4n) is 3.69. The number of hydrogen-bond acceptors (Lipinski definition) is 2. The molecule has 2 heteroatoms. The monoisotopic (exact) mass is 305 g/mol. The predicted molar refractivity (Wildman–Crippen MR) is 94.8 cm³/mol. The summed E-state index contributed by atoms with van der Waals surface area (Å²) in [5, 5.41) is 0. The van der Waals surface area contributed by atoms with E-state index in [0.29, 0.717) is 0 Å². The van der Waals surface area contributed by atoms with Crippen LogP contribution in [0.5, 0.6) is 5.75 Å². The van der Waals surface area contributed by atoms with Crippen molar-refractivity contribution in [3.63, 3.8) is 0 Å². The van der Waals surface area contributed by atoms with Crippen LogP contribution in [-0.4, -0.2) is 31.1 Å². The quantitative estimate of drug-likeness (QED) is 0.836. The Morgan fingerprint density at radius 2 is 1.65 bits per heavy atom. The number of nitrogens with zero attached hydrogens (tertiary/aromatic N) is 1. The highest BCUT2D eigenvalue weighted by Crippen LogP contribution is 2.30. The average molecular weight is 305 g/mol. The molecule has 2 nitrogen and oxygen atoms in total. The Morgan fingerprint density at radius 1 is 0.913 bits per heavy atom. The van der Waals surface area contributed by atoms with Gasteiger partial charge in [0.05, 0.1) is 0 Å². The van der Waals surface area contributed by atoms with E-state index >= 15 is 0 Å². The summed E-state index contributed by atoms with van der Waals surface area (Å²) in [5.74, 6) is 1.74. The minimum absolute atomic E-state index is 0.727. The van der Waals surface area contributed by atoms with E-state index in [-0.39, 0.29) is 0 Å². The van der Waals surface area contributed by atoms with Crippen molar-refractivity contribution in [2.45, 2.75) is 18.8 Å². The first kappa shape index (κ1) is 14.5. The van der Waals surface area contributed by atoms with Gasteiger partial charge in [0.1, 0.15) is 12.4 Å². The van der Waals surface area contributed by atoms with E-state index in [2.05, 4.69) is 53.4 Å². The molecule has 2 aromatic carbocycles. The van der Waals surface area contributed by atoms with Crippen molar-refractivity contribution in [3.05, 3.63) is 71.3 Å². The molecule has 2 aliphatic rings. The zero-order valence-electron chi connectivity index (χ0n) is 13.4. The van der Waals surface area contributed by atoms with Gasteiger partial charge in [-0.15, -0.1) is 0 Å². The van der Waals surface area contributed by atoms with Crippen molar-refractivity contribution in [2.24, 2.45) is 0 Å². The Bertz CT molecular complexity index is 684. The molecule has 1 fully saturated rings. The molecule has 0 spiro atoms. The smallest absolute Gasteiger partial charge is 0.127 e. The molecule has 0 N–H and O–H groups in total. The highest BCUT2D eigenvalue weighted by molar-refractivity contribution is 5.62. The van der Waals surface area contributed by atoms with Crippen LogP contribution < -0.4 is 4.74 Å². The topological polar surface area (TPSA) is 12.5 Å². The summed E-state index contributed by atoms with van der Waals surface area (Å²) in [6, 6.07) is 19.3. The van der Waals surface area contributed by atoms with E-state index in [1.165, 1.54) is 42.6 Å². The zero-order chi connectivity index (χ0) is 15.5. The standard InChI is InChI=1S/C21H23NO/c1-2-6-18(7-3-1)19-10-12-22(13-11-19)15-17-14-20-8-4-5-9-21(20)23-16-17/h1-9,14,19H,10-13,15-16H2. The number of hydrogen-bond donors (Lipinski definition) is 0. The van der Waals surface area contributed by atoms with Gasteiger partial charge in [0, 0.05) is 12.1 Å². The number of fused-ring (bicyclic) bond motifs is 1. The summed E-state index contributed by atoms with van der Waals surface area (Å²) in [6.45, 7) is 4.13. The Hall–Kier alpha value is -2.06. The first-order chi connectivity index (χ1) is 11.4. The lowest BCUT2D eigenvalue weighted by molar-refractivity contribution is 0.219. The first-order valence-electron chi connectivity index (χ1n) is 8.57. The third-order valence-corrected chi connectivity index (χ3v) is 4.98. The maximum atomic E-state index is 5.87. The fraction of sp³-hybridized carbons (Fsp3) is 0.333. The molecule has 23 heavy (non-hydrogen) atoms. The number of benzene rings is 2. The molecule has 0 atom stereocenters. The van der Waals surface area contributed by atoms with Gasteiger partial charge in [-0.2, -0.15) is 0 Å². The number of piperidine rings is 1. The van der Waals surface area contributed by atoms with Crippen molar-refractivity contribution in [2.75, 3.05) is 26.2 Å². The van der Waals surface area contributed by atoms with E-state index in [1.54, 1.807) is 0 Å². The van der Waals surface area contributed by atoms with E-state index < -0.39 is 0 Å². The van der Waals surface area contributed by atoms with Gasteiger partial charge in [-0.1, -0.05) is 48.5 Å². The Labute approximate surface area is 138 Å². The molecule has 2 aliphatic heterocycles. The van der Waals surface area contributed by atoms with E-state index in [4.69, 9.17) is 4.74 Å². The molecule has 1 saturated heterocycles. The predicted octanol–water partition coefficient (Wildman–Crippen LogP) is 4.34. The molecule has 2 heterocycles. The minimum Gasteiger partial charge on any atom is -0.489 e. The second-order valence-electron chi connectivity index (χ2n) is 6.59. The van der Waals surface area contributed by atoms with E-state index in [9.17, 15) is 0 Å². The number of rotatable bonds is 3. The highest BCUT2D eigenvalue weighted by Gasteiger charge is 2.22. The van der Waals surface area contributed by atoms with Gasteiger partial charge in [0.2, 0.25) is 0 Å². The van der Waals surface area contributed by atoms with Crippen LogP contribution in [0.15, 0.2) is 60.2 Å². The average Bonchev–Trinajstić information content (AvgIpc) is 2.63. The molecule has 0 aromatic heterocycles. The zero-order valence-corrected chi connectivity index (χ0v) is 13.4. The molecule has 0 radical (unpaired) electrons. The third kappa shape index (κ3) is 3.32. The summed E-state index contributed by atoms with van der Waals surface area (Å²) in [7, 11) is 0. The molecular weight excluding hydrogens is 282 g/mol. The molecule has 2 aromatic rings. The van der Waals surface area contributed by atoms with Crippen LogP contribution in [0.25, 0.3) is 6.08 Å². The molecule has 0 amide bonds. The van der Waals surface area contributed by atoms with Crippen LogP contribution in [0.2, 0.25) is 0 Å². The molecule has 0 aliphatic carbocycles. The van der Waals surface area contributed by atoms with Gasteiger partial charge in [0.15, 0.2) is 0 Å². The Kier molecular flexibility index (Phi) is 4.16. The second kappa shape index (κ2) is 6.59. The largest absolute Gasteiger partial charge is 0.489 e. The van der Waals surface area contributed by atoms with Crippen molar-refractivity contribution in [1.82, 2.24) is 4.90 Å². The molecule has 4 rings (SSSR count). The van der Waals surface area contributed by atoms with Crippen LogP contribution in [0.3, 0.4) is 0 Å². The maximum absolute atomic E-state index is 5.87. The van der Waals surface area contributed by atoms with Crippen molar-refractivity contribution < 1.29 is 4.74 Å². The van der Waals surface area contributed by atoms with Crippen LogP contribution >= 0.6 is 0 Å². The van der Waals surface area contributed by atoms with Crippen LogP contribution in [0.1, 0.15) is 29.9 Å². The lowest BCUT2D eigenvalue weighted by Crippen LogP contribution is -2.35. The summed E-state index contributed by atoms with van der Waals surface area (Å²) in [5.41, 5.74) is 4.11. The highest BCUT2D eigenvalue weighted by atomic mass is 16.5. The third-order valence-electron chi connectivity index (χ3n) is 4.98. The van der Waals surface area contributed by atoms with Gasteiger partial charge in [-0.25, -0.2) is 0 Å². The molecule has 0 unspecified atom stereocenters. The van der Waals surface area contributed by atoms with Gasteiger partial charge in [0.25, 0.3) is 0 Å². The van der Waals surface area contributed by atoms with Gasteiger partial charge in [-0.3, -0.25) is 4.90 Å². The van der Waals surface area contributed by atoms with Gasteiger partial charge >= 0.3 is 0 Å². The normalized spacial score (nSPS) is 18.9. The first-order valence-corrected chi connectivity index (χ1v) is 8.57. The fourth-order valence-corrected chi connectivity index (χ4v) is 3.69. The van der Waals surface area contributed by atoms with Crippen molar-refractivity contribution >= 4 is 6.08 Å².